The fourth-order valence-corrected chi connectivity index (χ4v) is 3.24. The van der Waals surface area contributed by atoms with Crippen molar-refractivity contribution >= 4 is 27.3 Å². The molecule has 1 nitrogen and oxygen atoms in total. The van der Waals surface area contributed by atoms with E-state index in [0.29, 0.717) is 6.54 Å². The molecule has 0 radical (unpaired) electrons. The minimum atomic E-state index is 0.00856. The van der Waals surface area contributed by atoms with Gasteiger partial charge in [-0.3, -0.25) is 0 Å². The Balaban J connectivity index is 2.30. The van der Waals surface area contributed by atoms with Gasteiger partial charge >= 0.3 is 0 Å². The Hall–Kier alpha value is -0.640. The maximum absolute atomic E-state index is 6.00. The summed E-state index contributed by atoms with van der Waals surface area (Å²) >= 11 is 5.32. The second kappa shape index (κ2) is 5.34. The number of hydrogen-bond acceptors (Lipinski definition) is 2. The summed E-state index contributed by atoms with van der Waals surface area (Å²) in [6.45, 7) is 2.88. The first-order valence-electron chi connectivity index (χ1n) is 5.62. The van der Waals surface area contributed by atoms with Crippen LogP contribution in [-0.2, 0) is 11.8 Å². The van der Waals surface area contributed by atoms with E-state index in [1.807, 2.05) is 6.07 Å². The van der Waals surface area contributed by atoms with Gasteiger partial charge in [0, 0.05) is 21.3 Å². The van der Waals surface area contributed by atoms with Gasteiger partial charge in [0.05, 0.1) is 0 Å². The van der Waals surface area contributed by atoms with E-state index in [-0.39, 0.29) is 5.41 Å². The zero-order chi connectivity index (χ0) is 12.3. The molecular weight excluding hydrogens is 294 g/mol. The van der Waals surface area contributed by atoms with Crippen LogP contribution in [0.5, 0.6) is 0 Å². The molecule has 3 heteroatoms. The zero-order valence-electron chi connectivity index (χ0n) is 9.82. The minimum absolute atomic E-state index is 0.00856. The van der Waals surface area contributed by atoms with Gasteiger partial charge in [-0.2, -0.15) is 0 Å². The summed E-state index contributed by atoms with van der Waals surface area (Å²) in [4.78, 5) is 1.39. The molecule has 2 aromatic rings. The van der Waals surface area contributed by atoms with Gasteiger partial charge in [-0.05, 0) is 35.6 Å². The lowest BCUT2D eigenvalue weighted by molar-refractivity contribution is 0.484. The predicted octanol–water partition coefficient (Wildman–Crippen LogP) is 3.97. The molecule has 0 bridgehead atoms. The van der Waals surface area contributed by atoms with Crippen molar-refractivity contribution in [3.05, 3.63) is 56.7 Å². The molecule has 17 heavy (non-hydrogen) atoms. The summed E-state index contributed by atoms with van der Waals surface area (Å²) in [5.41, 5.74) is 7.30. The number of halogens is 1. The standard InChI is InChI=1S/C14H16BrNS/c1-14(10-16,9-13-6-3-7-17-13)11-4-2-5-12(15)8-11/h2-8H,9-10,16H2,1H3. The Kier molecular flexibility index (Phi) is 4.02. The summed E-state index contributed by atoms with van der Waals surface area (Å²) in [6.07, 6.45) is 0.998. The highest BCUT2D eigenvalue weighted by Crippen LogP contribution is 2.30. The molecule has 90 valence electrons. The summed E-state index contributed by atoms with van der Waals surface area (Å²) in [5.74, 6) is 0. The molecule has 0 saturated heterocycles. The van der Waals surface area contributed by atoms with Gasteiger partial charge in [0.25, 0.3) is 0 Å². The predicted molar refractivity (Wildman–Crippen MR) is 78.6 cm³/mol. The largest absolute Gasteiger partial charge is 0.330 e. The van der Waals surface area contributed by atoms with Crippen molar-refractivity contribution in [1.82, 2.24) is 0 Å². The minimum Gasteiger partial charge on any atom is -0.330 e. The topological polar surface area (TPSA) is 26.0 Å². The normalized spacial score (nSPS) is 14.5. The summed E-state index contributed by atoms with van der Waals surface area (Å²) < 4.78 is 1.11. The monoisotopic (exact) mass is 309 g/mol. The molecule has 0 saturated carbocycles. The molecule has 2 N–H and O–H groups in total. The fraction of sp³-hybridized carbons (Fsp3) is 0.286. The zero-order valence-corrected chi connectivity index (χ0v) is 12.2. The van der Waals surface area contributed by atoms with Gasteiger partial charge < -0.3 is 5.73 Å². The molecule has 0 amide bonds. The first-order chi connectivity index (χ1) is 8.14. The van der Waals surface area contributed by atoms with E-state index < -0.39 is 0 Å². The number of nitrogens with two attached hydrogens (primary N) is 1. The number of thiophene rings is 1. The Morgan fingerprint density at radius 1 is 1.29 bits per heavy atom. The van der Waals surface area contributed by atoms with Gasteiger partial charge in [-0.15, -0.1) is 11.3 Å². The van der Waals surface area contributed by atoms with Gasteiger partial charge in [-0.25, -0.2) is 0 Å². The van der Waals surface area contributed by atoms with Crippen LogP contribution in [-0.4, -0.2) is 6.54 Å². The fourth-order valence-electron chi connectivity index (χ4n) is 1.95. The third-order valence-corrected chi connectivity index (χ3v) is 4.49. The molecule has 0 aliphatic carbocycles. The molecule has 1 unspecified atom stereocenters. The van der Waals surface area contributed by atoms with Crippen LogP contribution in [0.1, 0.15) is 17.4 Å². The van der Waals surface area contributed by atoms with Gasteiger partial charge in [0.1, 0.15) is 0 Å². The van der Waals surface area contributed by atoms with Gasteiger partial charge in [0.15, 0.2) is 0 Å². The van der Waals surface area contributed by atoms with Crippen molar-refractivity contribution < 1.29 is 0 Å². The molecule has 1 aromatic carbocycles. The highest BCUT2D eigenvalue weighted by molar-refractivity contribution is 9.10. The molecular formula is C14H16BrNS. The van der Waals surface area contributed by atoms with E-state index in [1.165, 1.54) is 10.4 Å². The van der Waals surface area contributed by atoms with E-state index in [0.717, 1.165) is 10.9 Å². The van der Waals surface area contributed by atoms with Crippen LogP contribution in [0, 0.1) is 0 Å². The van der Waals surface area contributed by atoms with Crippen molar-refractivity contribution in [3.63, 3.8) is 0 Å². The number of hydrogen-bond donors (Lipinski definition) is 1. The van der Waals surface area contributed by atoms with E-state index in [9.17, 15) is 0 Å². The van der Waals surface area contributed by atoms with Crippen molar-refractivity contribution in [3.8, 4) is 0 Å². The molecule has 1 aromatic heterocycles. The number of benzene rings is 1. The van der Waals surface area contributed by atoms with Crippen LogP contribution < -0.4 is 5.73 Å². The van der Waals surface area contributed by atoms with Crippen molar-refractivity contribution in [2.45, 2.75) is 18.8 Å². The van der Waals surface area contributed by atoms with Crippen LogP contribution >= 0.6 is 27.3 Å². The van der Waals surface area contributed by atoms with Crippen molar-refractivity contribution in [1.29, 1.82) is 0 Å². The third-order valence-electron chi connectivity index (χ3n) is 3.12. The Bertz CT molecular complexity index is 481. The average Bonchev–Trinajstić information content (AvgIpc) is 2.81. The first-order valence-corrected chi connectivity index (χ1v) is 7.30. The van der Waals surface area contributed by atoms with Crippen molar-refractivity contribution in [2.75, 3.05) is 6.54 Å². The maximum atomic E-state index is 6.00. The molecule has 0 spiro atoms. The van der Waals surface area contributed by atoms with Crippen LogP contribution in [0.4, 0.5) is 0 Å². The van der Waals surface area contributed by atoms with E-state index >= 15 is 0 Å². The lowest BCUT2D eigenvalue weighted by Crippen LogP contribution is -2.33. The lowest BCUT2D eigenvalue weighted by Gasteiger charge is -2.28. The second-order valence-corrected chi connectivity index (χ2v) is 6.48. The van der Waals surface area contributed by atoms with E-state index in [4.69, 9.17) is 5.73 Å². The molecule has 2 rings (SSSR count). The quantitative estimate of drug-likeness (QED) is 0.908. The molecule has 0 fully saturated rings. The Labute approximate surface area is 115 Å². The highest BCUT2D eigenvalue weighted by Gasteiger charge is 2.25. The molecule has 0 aliphatic rings. The summed E-state index contributed by atoms with van der Waals surface area (Å²) in [6, 6.07) is 12.7. The van der Waals surface area contributed by atoms with E-state index in [1.54, 1.807) is 11.3 Å². The van der Waals surface area contributed by atoms with E-state index in [2.05, 4.69) is 58.6 Å². The van der Waals surface area contributed by atoms with Gasteiger partial charge in [0.2, 0.25) is 0 Å². The Morgan fingerprint density at radius 2 is 2.12 bits per heavy atom. The molecule has 1 heterocycles. The number of rotatable bonds is 4. The first kappa shape index (κ1) is 12.8. The summed E-state index contributed by atoms with van der Waals surface area (Å²) in [7, 11) is 0. The Morgan fingerprint density at radius 3 is 2.71 bits per heavy atom. The maximum Gasteiger partial charge on any atom is 0.0178 e. The van der Waals surface area contributed by atoms with Crippen LogP contribution in [0.2, 0.25) is 0 Å². The molecule has 0 aliphatic heterocycles. The average molecular weight is 310 g/mol. The van der Waals surface area contributed by atoms with Gasteiger partial charge in [-0.1, -0.05) is 41.1 Å². The second-order valence-electron chi connectivity index (χ2n) is 4.53. The van der Waals surface area contributed by atoms with Crippen LogP contribution in [0.25, 0.3) is 0 Å². The van der Waals surface area contributed by atoms with Crippen molar-refractivity contribution in [2.24, 2.45) is 5.73 Å². The highest BCUT2D eigenvalue weighted by atomic mass is 79.9. The molecule has 1 atom stereocenters. The summed E-state index contributed by atoms with van der Waals surface area (Å²) in [5, 5.41) is 2.12. The van der Waals surface area contributed by atoms with Crippen LogP contribution in [0.3, 0.4) is 0 Å². The SMILES string of the molecule is CC(CN)(Cc1cccs1)c1cccc(Br)c1. The smallest absolute Gasteiger partial charge is 0.0178 e. The third kappa shape index (κ3) is 2.97. The van der Waals surface area contributed by atoms with Crippen LogP contribution in [0.15, 0.2) is 46.3 Å². The lowest BCUT2D eigenvalue weighted by atomic mass is 9.79.